The Hall–Kier alpha value is -2.37. The summed E-state index contributed by atoms with van der Waals surface area (Å²) in [4.78, 5) is 21.7. The molecule has 0 amide bonds. The van der Waals surface area contributed by atoms with Gasteiger partial charge in [-0.05, 0) is 11.8 Å². The molecular weight excluding hydrogens is 292 g/mol. The molecule has 3 atom stereocenters. The fourth-order valence-electron chi connectivity index (χ4n) is 2.43. The number of aliphatic hydroxyl groups excluding tert-OH is 1. The van der Waals surface area contributed by atoms with Crippen molar-refractivity contribution in [3.63, 3.8) is 0 Å². The van der Waals surface area contributed by atoms with Crippen LogP contribution in [-0.4, -0.2) is 39.4 Å². The van der Waals surface area contributed by atoms with Crippen LogP contribution in [0.5, 0.6) is 0 Å². The van der Waals surface area contributed by atoms with Crippen molar-refractivity contribution >= 4 is 11.8 Å². The van der Waals surface area contributed by atoms with Gasteiger partial charge < -0.3 is 24.7 Å². The third-order valence-electron chi connectivity index (χ3n) is 3.27. The molecule has 8 nitrogen and oxygen atoms in total. The molecule has 0 aromatic carbocycles. The lowest BCUT2D eigenvalue weighted by Crippen LogP contribution is -2.29. The molecule has 2 heterocycles. The molecule has 1 aliphatic heterocycles. The van der Waals surface area contributed by atoms with Crippen molar-refractivity contribution in [1.82, 2.24) is 4.57 Å². The minimum Gasteiger partial charge on any atom is -0.459 e. The third-order valence-corrected chi connectivity index (χ3v) is 3.27. The monoisotopic (exact) mass is 308 g/mol. The predicted octanol–water partition coefficient (Wildman–Crippen LogP) is 0.979. The summed E-state index contributed by atoms with van der Waals surface area (Å²) in [6, 6.07) is 1.35. The van der Waals surface area contributed by atoms with Gasteiger partial charge in [-0.15, -0.1) is 5.92 Å². The number of hydrogen-bond acceptors (Lipinski definition) is 6. The maximum Gasteiger partial charge on any atom is 0.326 e. The Labute approximate surface area is 126 Å². The van der Waals surface area contributed by atoms with Crippen LogP contribution in [0.15, 0.2) is 12.3 Å². The molecule has 0 bridgehead atoms. The van der Waals surface area contributed by atoms with E-state index in [4.69, 9.17) is 9.47 Å². The van der Waals surface area contributed by atoms with Crippen LogP contribution in [0.25, 0.3) is 0 Å². The van der Waals surface area contributed by atoms with Gasteiger partial charge in [0.05, 0.1) is 24.7 Å². The summed E-state index contributed by atoms with van der Waals surface area (Å²) in [6.07, 6.45) is -0.315. The summed E-state index contributed by atoms with van der Waals surface area (Å²) in [7, 11) is 0. The van der Waals surface area contributed by atoms with Crippen LogP contribution in [0.1, 0.15) is 32.1 Å². The van der Waals surface area contributed by atoms with Crippen LogP contribution < -0.4 is 0 Å². The number of nitro groups is 1. The lowest BCUT2D eigenvalue weighted by Gasteiger charge is -2.14. The highest BCUT2D eigenvalue weighted by molar-refractivity contribution is 5.66. The zero-order valence-electron chi connectivity index (χ0n) is 12.2. The number of hydrogen-bond donors (Lipinski definition) is 1. The molecule has 22 heavy (non-hydrogen) atoms. The number of aliphatic hydroxyl groups is 1. The molecule has 0 unspecified atom stereocenters. The van der Waals surface area contributed by atoms with Gasteiger partial charge in [-0.1, -0.05) is 5.92 Å². The van der Waals surface area contributed by atoms with E-state index in [1.807, 2.05) is 0 Å². The van der Waals surface area contributed by atoms with E-state index in [1.54, 1.807) is 6.92 Å². The number of carbonyl (C=O) groups is 1. The zero-order chi connectivity index (χ0) is 16.3. The quantitative estimate of drug-likeness (QED) is 0.385. The van der Waals surface area contributed by atoms with Crippen molar-refractivity contribution in [3.8, 4) is 11.8 Å². The van der Waals surface area contributed by atoms with E-state index in [0.29, 0.717) is 5.56 Å². The number of esters is 1. The topological polar surface area (TPSA) is 104 Å². The molecule has 1 N–H and O–H groups in total. The molecule has 1 saturated heterocycles. The Bertz CT molecular complexity index is 641. The van der Waals surface area contributed by atoms with Gasteiger partial charge in [-0.25, -0.2) is 4.57 Å². The molecule has 118 valence electrons. The maximum absolute atomic E-state index is 11.2. The number of rotatable bonds is 4. The van der Waals surface area contributed by atoms with E-state index >= 15 is 0 Å². The Morgan fingerprint density at radius 1 is 1.68 bits per heavy atom. The zero-order valence-corrected chi connectivity index (χ0v) is 12.2. The molecule has 1 aromatic rings. The molecule has 1 fully saturated rings. The van der Waals surface area contributed by atoms with Crippen molar-refractivity contribution in [2.24, 2.45) is 0 Å². The van der Waals surface area contributed by atoms with Gasteiger partial charge in [0.2, 0.25) is 6.23 Å². The van der Waals surface area contributed by atoms with Crippen LogP contribution in [0.2, 0.25) is 0 Å². The summed E-state index contributed by atoms with van der Waals surface area (Å²) in [5.41, 5.74) is 0.495. The highest BCUT2D eigenvalue weighted by atomic mass is 16.6. The molecule has 8 heteroatoms. The van der Waals surface area contributed by atoms with Gasteiger partial charge in [0.15, 0.2) is 0 Å². The van der Waals surface area contributed by atoms with Gasteiger partial charge in [0.25, 0.3) is 0 Å². The fraction of sp³-hybridized carbons (Fsp3) is 0.500. The Balaban J connectivity index is 2.29. The summed E-state index contributed by atoms with van der Waals surface area (Å²) in [5, 5.41) is 20.5. The highest BCUT2D eigenvalue weighted by Gasteiger charge is 2.41. The van der Waals surface area contributed by atoms with Crippen LogP contribution >= 0.6 is 0 Å². The largest absolute Gasteiger partial charge is 0.459 e. The SMILES string of the molecule is CC#Cc1cc([N+](=O)[O-])n([C@H]2C[C@H](OC(C)=O)[C@@H](CO)O2)c1. The van der Waals surface area contributed by atoms with E-state index in [9.17, 15) is 20.0 Å². The molecule has 0 radical (unpaired) electrons. The van der Waals surface area contributed by atoms with E-state index in [0.717, 1.165) is 0 Å². The molecule has 2 rings (SSSR count). The highest BCUT2D eigenvalue weighted by Crippen LogP contribution is 2.34. The minimum absolute atomic E-state index is 0.164. The van der Waals surface area contributed by atoms with Crippen molar-refractivity contribution in [1.29, 1.82) is 0 Å². The summed E-state index contributed by atoms with van der Waals surface area (Å²) in [5.74, 6) is 4.77. The molecule has 1 aromatic heterocycles. The number of ether oxygens (including phenoxy) is 2. The molecule has 1 aliphatic rings. The molecule has 0 aliphatic carbocycles. The second-order valence-electron chi connectivity index (χ2n) is 4.82. The van der Waals surface area contributed by atoms with E-state index in [1.165, 1.54) is 23.8 Å². The maximum atomic E-state index is 11.2. The normalized spacial score (nSPS) is 23.7. The van der Waals surface area contributed by atoms with Gasteiger partial charge >= 0.3 is 11.8 Å². The first-order chi connectivity index (χ1) is 10.5. The van der Waals surface area contributed by atoms with E-state index in [-0.39, 0.29) is 18.8 Å². The van der Waals surface area contributed by atoms with Gasteiger partial charge in [-0.2, -0.15) is 0 Å². The number of nitrogens with zero attached hydrogens (tertiary/aromatic N) is 2. The lowest BCUT2D eigenvalue weighted by atomic mass is 10.2. The average molecular weight is 308 g/mol. The standard InChI is InChI=1S/C14H16N2O6/c1-3-4-10-5-13(16(19)20)15(7-10)14-6-11(21-9(2)18)12(8-17)22-14/h5,7,11-12,14,17H,6,8H2,1-2H3/t11-,12+,14+/m0/s1. The first-order valence-corrected chi connectivity index (χ1v) is 6.68. The van der Waals surface area contributed by atoms with Crippen LogP contribution in [-0.2, 0) is 14.3 Å². The van der Waals surface area contributed by atoms with Crippen LogP contribution in [0.4, 0.5) is 5.82 Å². The second kappa shape index (κ2) is 6.60. The van der Waals surface area contributed by atoms with Crippen LogP contribution in [0, 0.1) is 22.0 Å². The average Bonchev–Trinajstić information content (AvgIpc) is 3.02. The Kier molecular flexibility index (Phi) is 4.80. The molecule has 0 spiro atoms. The molecular formula is C14H16N2O6. The summed E-state index contributed by atoms with van der Waals surface area (Å²) >= 11 is 0. The number of aromatic nitrogens is 1. The summed E-state index contributed by atoms with van der Waals surface area (Å²) in [6.45, 7) is 2.55. The van der Waals surface area contributed by atoms with Crippen molar-refractivity contribution in [3.05, 3.63) is 27.9 Å². The minimum atomic E-state index is -0.711. The second-order valence-corrected chi connectivity index (χ2v) is 4.82. The lowest BCUT2D eigenvalue weighted by molar-refractivity contribution is -0.393. The van der Waals surface area contributed by atoms with Crippen molar-refractivity contribution in [2.75, 3.05) is 6.61 Å². The third kappa shape index (κ3) is 3.27. The van der Waals surface area contributed by atoms with Gasteiger partial charge in [0.1, 0.15) is 18.4 Å². The first kappa shape index (κ1) is 16.0. The van der Waals surface area contributed by atoms with E-state index < -0.39 is 29.3 Å². The Morgan fingerprint density at radius 3 is 2.95 bits per heavy atom. The first-order valence-electron chi connectivity index (χ1n) is 6.68. The number of carbonyl (C=O) groups excluding carboxylic acids is 1. The van der Waals surface area contributed by atoms with Crippen LogP contribution in [0.3, 0.4) is 0 Å². The van der Waals surface area contributed by atoms with Gasteiger partial charge in [0, 0.05) is 6.92 Å². The van der Waals surface area contributed by atoms with Gasteiger partial charge in [-0.3, -0.25) is 4.79 Å². The van der Waals surface area contributed by atoms with Crippen molar-refractivity contribution < 1.29 is 24.3 Å². The predicted molar refractivity (Wildman–Crippen MR) is 74.8 cm³/mol. The fourth-order valence-corrected chi connectivity index (χ4v) is 2.43. The Morgan fingerprint density at radius 2 is 2.41 bits per heavy atom. The smallest absolute Gasteiger partial charge is 0.326 e. The van der Waals surface area contributed by atoms with E-state index in [2.05, 4.69) is 11.8 Å². The summed E-state index contributed by atoms with van der Waals surface area (Å²) < 4.78 is 12.0. The molecule has 0 saturated carbocycles. The van der Waals surface area contributed by atoms with Crippen molar-refractivity contribution in [2.45, 2.75) is 38.7 Å².